The second kappa shape index (κ2) is 9.41. The Bertz CT molecular complexity index is 978. The number of amides is 1. The molecule has 0 saturated carbocycles. The van der Waals surface area contributed by atoms with Crippen molar-refractivity contribution < 1.29 is 32.2 Å². The number of nitrogens with one attached hydrogen (secondary N) is 1. The zero-order valence-electron chi connectivity index (χ0n) is 15.1. The van der Waals surface area contributed by atoms with Gasteiger partial charge in [0, 0.05) is 11.3 Å². The number of benzene rings is 2. The molecule has 0 atom stereocenters. The molecule has 0 radical (unpaired) electrons. The highest BCUT2D eigenvalue weighted by Gasteiger charge is 2.30. The van der Waals surface area contributed by atoms with Crippen molar-refractivity contribution in [3.63, 3.8) is 0 Å². The van der Waals surface area contributed by atoms with Crippen LogP contribution in [0.15, 0.2) is 54.1 Å². The zero-order valence-corrected chi connectivity index (χ0v) is 15.1. The van der Waals surface area contributed by atoms with Gasteiger partial charge in [0.25, 0.3) is 5.91 Å². The van der Waals surface area contributed by atoms with Crippen LogP contribution in [0.5, 0.6) is 5.75 Å². The molecule has 1 amide bonds. The van der Waals surface area contributed by atoms with Gasteiger partial charge in [-0.25, -0.2) is 4.79 Å². The van der Waals surface area contributed by atoms with Gasteiger partial charge in [-0.15, -0.1) is 0 Å². The Balaban J connectivity index is 2.23. The Morgan fingerprint density at radius 3 is 2.55 bits per heavy atom. The summed E-state index contributed by atoms with van der Waals surface area (Å²) in [5, 5.41) is 11.6. The van der Waals surface area contributed by atoms with E-state index in [4.69, 9.17) is 4.74 Å². The first-order valence-electron chi connectivity index (χ1n) is 8.13. The number of nitriles is 1. The van der Waals surface area contributed by atoms with E-state index in [0.717, 1.165) is 18.2 Å². The van der Waals surface area contributed by atoms with Gasteiger partial charge in [-0.3, -0.25) is 4.79 Å². The molecule has 0 heterocycles. The molecule has 0 unspecified atom stereocenters. The summed E-state index contributed by atoms with van der Waals surface area (Å²) in [7, 11) is 1.20. The standard InChI is InChI=1S/C20H15F3N2O4/c1-28-18(26)12-29-17-8-3-2-5-13(17)9-14(11-24)19(27)25-16-7-4-6-15(10-16)20(21,22)23/h2-10H,12H2,1H3,(H,25,27)/b14-9-. The number of methoxy groups -OCH3 is 1. The van der Waals surface area contributed by atoms with Crippen LogP contribution in [0.2, 0.25) is 0 Å². The molecule has 9 heteroatoms. The maximum absolute atomic E-state index is 12.8. The molecule has 2 rings (SSSR count). The van der Waals surface area contributed by atoms with Gasteiger partial charge < -0.3 is 14.8 Å². The molecule has 0 aliphatic heterocycles. The summed E-state index contributed by atoms with van der Waals surface area (Å²) in [4.78, 5) is 23.6. The fourth-order valence-corrected chi connectivity index (χ4v) is 2.20. The van der Waals surface area contributed by atoms with Gasteiger partial charge in [0.1, 0.15) is 17.4 Å². The van der Waals surface area contributed by atoms with Crippen LogP contribution >= 0.6 is 0 Å². The molecule has 0 aromatic heterocycles. The third kappa shape index (κ3) is 6.10. The lowest BCUT2D eigenvalue weighted by Gasteiger charge is -2.10. The van der Waals surface area contributed by atoms with Crippen molar-refractivity contribution in [2.45, 2.75) is 6.18 Å². The number of hydrogen-bond acceptors (Lipinski definition) is 5. The minimum Gasteiger partial charge on any atom is -0.481 e. The van der Waals surface area contributed by atoms with Crippen LogP contribution in [0, 0.1) is 11.3 Å². The molecular formula is C20H15F3N2O4. The average Bonchev–Trinajstić information content (AvgIpc) is 2.70. The summed E-state index contributed by atoms with van der Waals surface area (Å²) >= 11 is 0. The van der Waals surface area contributed by atoms with E-state index in [9.17, 15) is 28.0 Å². The third-order valence-electron chi connectivity index (χ3n) is 3.60. The van der Waals surface area contributed by atoms with E-state index in [1.807, 2.05) is 0 Å². The van der Waals surface area contributed by atoms with Crippen molar-refractivity contribution in [2.24, 2.45) is 0 Å². The fraction of sp³-hybridized carbons (Fsp3) is 0.150. The van der Waals surface area contributed by atoms with Gasteiger partial charge in [0.05, 0.1) is 12.7 Å². The van der Waals surface area contributed by atoms with Crippen LogP contribution in [0.1, 0.15) is 11.1 Å². The van der Waals surface area contributed by atoms with Gasteiger partial charge in [0.2, 0.25) is 0 Å². The molecule has 0 saturated heterocycles. The number of halogens is 3. The summed E-state index contributed by atoms with van der Waals surface area (Å²) in [5.41, 5.74) is -1.08. The quantitative estimate of drug-likeness (QED) is 0.449. The van der Waals surface area contributed by atoms with Gasteiger partial charge >= 0.3 is 12.1 Å². The normalized spacial score (nSPS) is 11.3. The second-order valence-corrected chi connectivity index (χ2v) is 5.61. The van der Waals surface area contributed by atoms with E-state index in [2.05, 4.69) is 10.1 Å². The number of anilines is 1. The van der Waals surface area contributed by atoms with E-state index in [1.54, 1.807) is 24.3 Å². The summed E-state index contributed by atoms with van der Waals surface area (Å²) in [6, 6.07) is 12.1. The first kappa shape index (κ1) is 21.5. The highest BCUT2D eigenvalue weighted by Crippen LogP contribution is 2.30. The van der Waals surface area contributed by atoms with E-state index < -0.39 is 23.6 Å². The summed E-state index contributed by atoms with van der Waals surface area (Å²) in [6.07, 6.45) is -3.36. The molecule has 0 spiro atoms. The van der Waals surface area contributed by atoms with Crippen molar-refractivity contribution in [3.8, 4) is 11.8 Å². The molecule has 2 aromatic rings. The molecule has 0 aliphatic carbocycles. The molecule has 150 valence electrons. The van der Waals surface area contributed by atoms with Crippen molar-refractivity contribution >= 4 is 23.6 Å². The number of carbonyl (C=O) groups excluding carboxylic acids is 2. The van der Waals surface area contributed by atoms with Crippen LogP contribution in [0.4, 0.5) is 18.9 Å². The van der Waals surface area contributed by atoms with E-state index in [1.165, 1.54) is 25.3 Å². The molecule has 29 heavy (non-hydrogen) atoms. The van der Waals surface area contributed by atoms with Gasteiger partial charge in [-0.1, -0.05) is 24.3 Å². The number of rotatable bonds is 6. The Hall–Kier alpha value is -3.80. The average molecular weight is 404 g/mol. The Labute approximate surface area is 164 Å². The highest BCUT2D eigenvalue weighted by molar-refractivity contribution is 6.09. The van der Waals surface area contributed by atoms with Crippen molar-refractivity contribution in [3.05, 3.63) is 65.2 Å². The highest BCUT2D eigenvalue weighted by atomic mass is 19.4. The SMILES string of the molecule is COC(=O)COc1ccccc1/C=C(/C#N)C(=O)Nc1cccc(C(F)(F)F)c1. The topological polar surface area (TPSA) is 88.4 Å². The molecule has 0 fully saturated rings. The zero-order chi connectivity index (χ0) is 21.4. The van der Waals surface area contributed by atoms with Gasteiger partial charge in [0.15, 0.2) is 6.61 Å². The monoisotopic (exact) mass is 404 g/mol. The number of nitrogens with zero attached hydrogens (tertiary/aromatic N) is 1. The third-order valence-corrected chi connectivity index (χ3v) is 3.60. The molecule has 2 aromatic carbocycles. The number of para-hydroxylation sites is 1. The fourth-order valence-electron chi connectivity index (χ4n) is 2.20. The Morgan fingerprint density at radius 2 is 1.90 bits per heavy atom. The molecule has 0 bridgehead atoms. The Kier molecular flexibility index (Phi) is 6.98. The molecule has 1 N–H and O–H groups in total. The van der Waals surface area contributed by atoms with Crippen LogP contribution in [-0.2, 0) is 20.5 Å². The number of esters is 1. The number of ether oxygens (including phenoxy) is 2. The molecular weight excluding hydrogens is 389 g/mol. The summed E-state index contributed by atoms with van der Waals surface area (Å²) in [5.74, 6) is -1.29. The second-order valence-electron chi connectivity index (χ2n) is 5.61. The van der Waals surface area contributed by atoms with Gasteiger partial charge in [-0.2, -0.15) is 18.4 Å². The minimum absolute atomic E-state index is 0.110. The largest absolute Gasteiger partial charge is 0.481 e. The number of carbonyl (C=O) groups is 2. The van der Waals surface area contributed by atoms with Crippen LogP contribution in [0.25, 0.3) is 6.08 Å². The smallest absolute Gasteiger partial charge is 0.416 e. The lowest BCUT2D eigenvalue weighted by Crippen LogP contribution is -2.15. The predicted molar refractivity (Wildman–Crippen MR) is 97.6 cm³/mol. The van der Waals surface area contributed by atoms with Crippen molar-refractivity contribution in [2.75, 3.05) is 19.0 Å². The van der Waals surface area contributed by atoms with Gasteiger partial charge in [-0.05, 0) is 30.3 Å². The summed E-state index contributed by atoms with van der Waals surface area (Å²) in [6.45, 7) is -0.375. The number of alkyl halides is 3. The maximum Gasteiger partial charge on any atom is 0.416 e. The van der Waals surface area contributed by atoms with Crippen LogP contribution < -0.4 is 10.1 Å². The predicted octanol–water partition coefficient (Wildman–Crippen LogP) is 3.80. The van der Waals surface area contributed by atoms with E-state index in [0.29, 0.717) is 5.56 Å². The van der Waals surface area contributed by atoms with E-state index >= 15 is 0 Å². The summed E-state index contributed by atoms with van der Waals surface area (Å²) < 4.78 is 48.2. The number of hydrogen-bond donors (Lipinski definition) is 1. The maximum atomic E-state index is 12.8. The van der Waals surface area contributed by atoms with Crippen LogP contribution in [-0.4, -0.2) is 25.6 Å². The Morgan fingerprint density at radius 1 is 1.17 bits per heavy atom. The van der Waals surface area contributed by atoms with E-state index in [-0.39, 0.29) is 23.6 Å². The lowest BCUT2D eigenvalue weighted by molar-refractivity contribution is -0.143. The molecule has 0 aliphatic rings. The minimum atomic E-state index is -4.56. The lowest BCUT2D eigenvalue weighted by atomic mass is 10.1. The van der Waals surface area contributed by atoms with Crippen LogP contribution in [0.3, 0.4) is 0 Å². The first-order chi connectivity index (χ1) is 13.7. The first-order valence-corrected chi connectivity index (χ1v) is 8.13. The van der Waals surface area contributed by atoms with Crippen molar-refractivity contribution in [1.82, 2.24) is 0 Å². The van der Waals surface area contributed by atoms with Crippen molar-refractivity contribution in [1.29, 1.82) is 5.26 Å². The molecule has 6 nitrogen and oxygen atoms in total.